The van der Waals surface area contributed by atoms with Gasteiger partial charge in [0, 0.05) is 18.9 Å². The summed E-state index contributed by atoms with van der Waals surface area (Å²) in [5, 5.41) is 10.9. The monoisotopic (exact) mass is 319 g/mol. The maximum absolute atomic E-state index is 12.6. The zero-order valence-corrected chi connectivity index (χ0v) is 14.2. The van der Waals surface area contributed by atoms with Gasteiger partial charge < -0.3 is 5.32 Å². The van der Waals surface area contributed by atoms with E-state index in [1.165, 1.54) is 19.3 Å². The second-order valence-corrected chi connectivity index (χ2v) is 6.97. The van der Waals surface area contributed by atoms with Crippen molar-refractivity contribution < 1.29 is 4.79 Å². The maximum Gasteiger partial charge on any atom is 0.229 e. The molecule has 2 aliphatic rings. The molecule has 6 heteroatoms. The lowest BCUT2D eigenvalue weighted by atomic mass is 9.90. The molecule has 128 valence electrons. The predicted octanol–water partition coefficient (Wildman–Crippen LogP) is 2.58. The number of anilines is 1. The molecule has 0 radical (unpaired) electrons. The van der Waals surface area contributed by atoms with Gasteiger partial charge >= 0.3 is 0 Å². The van der Waals surface area contributed by atoms with Crippen LogP contribution in [0.4, 0.5) is 5.95 Å². The van der Waals surface area contributed by atoms with E-state index in [4.69, 9.17) is 0 Å². The van der Waals surface area contributed by atoms with Gasteiger partial charge in [0.25, 0.3) is 0 Å². The quantitative estimate of drug-likeness (QED) is 0.898. The second kappa shape index (κ2) is 7.90. The molecular formula is C17H29N5O. The van der Waals surface area contributed by atoms with E-state index in [2.05, 4.69) is 20.7 Å². The van der Waals surface area contributed by atoms with Crippen molar-refractivity contribution in [3.63, 3.8) is 0 Å². The van der Waals surface area contributed by atoms with Gasteiger partial charge in [-0.2, -0.15) is 10.1 Å². The van der Waals surface area contributed by atoms with Crippen LogP contribution in [0, 0.1) is 5.92 Å². The highest BCUT2D eigenvalue weighted by molar-refractivity contribution is 5.90. The van der Waals surface area contributed by atoms with E-state index >= 15 is 0 Å². The highest BCUT2D eigenvalue weighted by Crippen LogP contribution is 2.25. The van der Waals surface area contributed by atoms with E-state index < -0.39 is 0 Å². The summed E-state index contributed by atoms with van der Waals surface area (Å²) in [7, 11) is 1.87. The fourth-order valence-corrected chi connectivity index (χ4v) is 3.70. The number of aryl methyl sites for hydroxylation is 1. The summed E-state index contributed by atoms with van der Waals surface area (Å²) >= 11 is 0. The number of nitrogens with one attached hydrogen (secondary N) is 2. The van der Waals surface area contributed by atoms with Crippen LogP contribution in [0.2, 0.25) is 0 Å². The Morgan fingerprint density at radius 2 is 1.74 bits per heavy atom. The molecule has 6 nitrogen and oxygen atoms in total. The molecule has 2 fully saturated rings. The molecule has 1 aliphatic heterocycles. The van der Waals surface area contributed by atoms with Crippen molar-refractivity contribution in [2.45, 2.75) is 63.7 Å². The number of piperidine rings is 1. The zero-order chi connectivity index (χ0) is 16.1. The van der Waals surface area contributed by atoms with Gasteiger partial charge in [0.2, 0.25) is 11.9 Å². The third-order valence-corrected chi connectivity index (χ3v) is 5.19. The Morgan fingerprint density at radius 3 is 2.43 bits per heavy atom. The van der Waals surface area contributed by atoms with Crippen LogP contribution in [0.3, 0.4) is 0 Å². The molecule has 0 unspecified atom stereocenters. The van der Waals surface area contributed by atoms with Gasteiger partial charge in [-0.3, -0.25) is 10.1 Å². The van der Waals surface area contributed by atoms with Crippen LogP contribution in [0.1, 0.15) is 69.5 Å². The molecular weight excluding hydrogens is 290 g/mol. The topological polar surface area (TPSA) is 71.8 Å². The van der Waals surface area contributed by atoms with E-state index in [0.717, 1.165) is 57.4 Å². The minimum atomic E-state index is 0.124. The molecule has 1 saturated carbocycles. The maximum atomic E-state index is 12.6. The third kappa shape index (κ3) is 4.31. The van der Waals surface area contributed by atoms with Crippen LogP contribution < -0.4 is 10.6 Å². The lowest BCUT2D eigenvalue weighted by Crippen LogP contribution is -2.27. The zero-order valence-electron chi connectivity index (χ0n) is 14.2. The molecule has 0 atom stereocenters. The number of aromatic nitrogens is 3. The van der Waals surface area contributed by atoms with E-state index in [9.17, 15) is 4.79 Å². The molecule has 0 bridgehead atoms. The normalized spacial score (nSPS) is 21.6. The number of nitrogens with zero attached hydrogens (tertiary/aromatic N) is 3. The van der Waals surface area contributed by atoms with E-state index in [-0.39, 0.29) is 11.8 Å². The molecule has 23 heavy (non-hydrogen) atoms. The Bertz CT molecular complexity index is 513. The Kier molecular flexibility index (Phi) is 5.65. The largest absolute Gasteiger partial charge is 0.317 e. The summed E-state index contributed by atoms with van der Waals surface area (Å²) in [5.74, 6) is 2.15. The van der Waals surface area contributed by atoms with Crippen molar-refractivity contribution in [3.8, 4) is 0 Å². The summed E-state index contributed by atoms with van der Waals surface area (Å²) in [6.07, 6.45) is 10.3. The molecule has 2 heterocycles. The summed E-state index contributed by atoms with van der Waals surface area (Å²) in [5.41, 5.74) is 0. The van der Waals surface area contributed by atoms with Crippen LogP contribution in [0.5, 0.6) is 0 Å². The summed E-state index contributed by atoms with van der Waals surface area (Å²) in [6.45, 7) is 2.04. The number of amides is 1. The Morgan fingerprint density at radius 1 is 1.09 bits per heavy atom. The highest BCUT2D eigenvalue weighted by atomic mass is 16.2. The summed E-state index contributed by atoms with van der Waals surface area (Å²) in [6, 6.07) is 0. The van der Waals surface area contributed by atoms with Crippen molar-refractivity contribution >= 4 is 11.9 Å². The lowest BCUT2D eigenvalue weighted by molar-refractivity contribution is -0.120. The number of carbonyl (C=O) groups excluding carboxylic acids is 1. The first kappa shape index (κ1) is 16.4. The second-order valence-electron chi connectivity index (χ2n) is 6.97. The van der Waals surface area contributed by atoms with E-state index in [1.54, 1.807) is 4.68 Å². The van der Waals surface area contributed by atoms with Gasteiger partial charge in [-0.1, -0.05) is 32.1 Å². The predicted molar refractivity (Wildman–Crippen MR) is 90.3 cm³/mol. The first-order valence-corrected chi connectivity index (χ1v) is 9.16. The first-order chi connectivity index (χ1) is 11.2. The van der Waals surface area contributed by atoms with Crippen LogP contribution in [0.15, 0.2) is 0 Å². The average molecular weight is 319 g/mol. The van der Waals surface area contributed by atoms with Crippen molar-refractivity contribution in [2.75, 3.05) is 18.4 Å². The molecule has 1 aromatic rings. The molecule has 1 aromatic heterocycles. The van der Waals surface area contributed by atoms with Crippen LogP contribution in [0.25, 0.3) is 0 Å². The van der Waals surface area contributed by atoms with Gasteiger partial charge in [-0.05, 0) is 38.8 Å². The van der Waals surface area contributed by atoms with Gasteiger partial charge in [-0.25, -0.2) is 4.68 Å². The molecule has 0 aromatic carbocycles. The fourth-order valence-electron chi connectivity index (χ4n) is 3.70. The molecule has 1 aliphatic carbocycles. The van der Waals surface area contributed by atoms with Gasteiger partial charge in [0.1, 0.15) is 0 Å². The van der Waals surface area contributed by atoms with Crippen molar-refractivity contribution in [3.05, 3.63) is 5.82 Å². The molecule has 1 amide bonds. The summed E-state index contributed by atoms with van der Waals surface area (Å²) < 4.78 is 1.72. The first-order valence-electron chi connectivity index (χ1n) is 9.16. The minimum absolute atomic E-state index is 0.124. The number of rotatable bonds is 3. The Balaban J connectivity index is 1.62. The standard InChI is InChI=1S/C17H29N5O/c1-22-17(19-15(21-22)13-9-11-18-12-10-13)20-16(23)14-7-5-3-2-4-6-8-14/h13-14,18H,2-12H2,1H3,(H,19,20,21,23). The van der Waals surface area contributed by atoms with Crippen LogP contribution in [-0.2, 0) is 11.8 Å². The van der Waals surface area contributed by atoms with E-state index in [1.807, 2.05) is 7.05 Å². The average Bonchev–Trinajstić information content (AvgIpc) is 2.89. The fraction of sp³-hybridized carbons (Fsp3) is 0.824. The smallest absolute Gasteiger partial charge is 0.229 e. The number of hydrogen-bond acceptors (Lipinski definition) is 4. The number of carbonyl (C=O) groups is 1. The molecule has 0 spiro atoms. The van der Waals surface area contributed by atoms with Gasteiger partial charge in [-0.15, -0.1) is 0 Å². The van der Waals surface area contributed by atoms with Crippen LogP contribution in [-0.4, -0.2) is 33.8 Å². The van der Waals surface area contributed by atoms with E-state index in [0.29, 0.717) is 11.9 Å². The van der Waals surface area contributed by atoms with Gasteiger partial charge in [0.15, 0.2) is 5.82 Å². The molecule has 2 N–H and O–H groups in total. The molecule has 3 rings (SSSR count). The van der Waals surface area contributed by atoms with Crippen LogP contribution >= 0.6 is 0 Å². The van der Waals surface area contributed by atoms with Crippen molar-refractivity contribution in [1.29, 1.82) is 0 Å². The third-order valence-electron chi connectivity index (χ3n) is 5.19. The lowest BCUT2D eigenvalue weighted by Gasteiger charge is -2.19. The van der Waals surface area contributed by atoms with Crippen molar-refractivity contribution in [1.82, 2.24) is 20.1 Å². The minimum Gasteiger partial charge on any atom is -0.317 e. The van der Waals surface area contributed by atoms with Gasteiger partial charge in [0.05, 0.1) is 0 Å². The summed E-state index contributed by atoms with van der Waals surface area (Å²) in [4.78, 5) is 17.2. The SMILES string of the molecule is Cn1nc(C2CCNCC2)nc1NC(=O)C1CCCCCCC1. The Labute approximate surface area is 138 Å². The molecule has 1 saturated heterocycles. The number of hydrogen-bond donors (Lipinski definition) is 2. The Hall–Kier alpha value is -1.43. The van der Waals surface area contributed by atoms with Crippen molar-refractivity contribution in [2.24, 2.45) is 13.0 Å². The highest BCUT2D eigenvalue weighted by Gasteiger charge is 2.24.